The molecule has 2 aliphatic rings. The summed E-state index contributed by atoms with van der Waals surface area (Å²) in [6, 6.07) is 13.0. The summed E-state index contributed by atoms with van der Waals surface area (Å²) in [5, 5.41) is 15.3. The Balaban J connectivity index is 1.48. The van der Waals surface area contributed by atoms with Gasteiger partial charge in [-0.2, -0.15) is 0 Å². The predicted octanol–water partition coefficient (Wildman–Crippen LogP) is 4.08. The molecule has 1 aliphatic carbocycles. The van der Waals surface area contributed by atoms with Gasteiger partial charge in [0.2, 0.25) is 0 Å². The molecule has 1 saturated heterocycles. The van der Waals surface area contributed by atoms with E-state index < -0.39 is 17.3 Å². The van der Waals surface area contributed by atoms with Crippen LogP contribution in [0.1, 0.15) is 71.7 Å². The van der Waals surface area contributed by atoms with Crippen LogP contribution in [0.5, 0.6) is 0 Å². The molecule has 34 heavy (non-hydrogen) atoms. The van der Waals surface area contributed by atoms with Crippen LogP contribution < -0.4 is 5.32 Å². The molecule has 4 rings (SSSR count). The van der Waals surface area contributed by atoms with Crippen LogP contribution in [-0.4, -0.2) is 45.4 Å². The first kappa shape index (κ1) is 23.5. The van der Waals surface area contributed by atoms with E-state index in [0.717, 1.165) is 31.2 Å². The van der Waals surface area contributed by atoms with Crippen molar-refractivity contribution in [3.8, 4) is 0 Å². The molecular formula is C26H29N3O5. The van der Waals surface area contributed by atoms with E-state index in [-0.39, 0.29) is 29.5 Å². The SMILES string of the molecule is CCCCN1C(=O)C2(CCCC2)C(=O)N1Cc1ccc(NC(=O)c2ccccc2C(=O)O)cc1. The van der Waals surface area contributed by atoms with Crippen LogP contribution in [0.4, 0.5) is 5.69 Å². The molecule has 1 saturated carbocycles. The number of benzene rings is 2. The topological polar surface area (TPSA) is 107 Å². The van der Waals surface area contributed by atoms with Crippen molar-refractivity contribution >= 4 is 29.4 Å². The Labute approximate surface area is 198 Å². The minimum Gasteiger partial charge on any atom is -0.478 e. The fraction of sp³-hybridized carbons (Fsp3) is 0.385. The quantitative estimate of drug-likeness (QED) is 0.574. The van der Waals surface area contributed by atoms with Crippen molar-refractivity contribution in [2.45, 2.75) is 52.0 Å². The lowest BCUT2D eigenvalue weighted by Gasteiger charge is -2.27. The first-order valence-electron chi connectivity index (χ1n) is 11.7. The van der Waals surface area contributed by atoms with Gasteiger partial charge in [0.15, 0.2) is 0 Å². The Morgan fingerprint density at radius 1 is 0.941 bits per heavy atom. The van der Waals surface area contributed by atoms with Gasteiger partial charge in [-0.25, -0.2) is 9.80 Å². The van der Waals surface area contributed by atoms with Gasteiger partial charge >= 0.3 is 5.97 Å². The summed E-state index contributed by atoms with van der Waals surface area (Å²) >= 11 is 0. The number of hydrogen-bond acceptors (Lipinski definition) is 4. The Kier molecular flexibility index (Phi) is 6.68. The number of nitrogens with one attached hydrogen (secondary N) is 1. The lowest BCUT2D eigenvalue weighted by Crippen LogP contribution is -2.40. The number of carboxylic acids is 1. The van der Waals surface area contributed by atoms with Crippen LogP contribution in [0.2, 0.25) is 0 Å². The highest BCUT2D eigenvalue weighted by atomic mass is 16.4. The molecule has 1 heterocycles. The molecule has 178 valence electrons. The largest absolute Gasteiger partial charge is 0.478 e. The van der Waals surface area contributed by atoms with Crippen LogP contribution in [-0.2, 0) is 16.1 Å². The maximum Gasteiger partial charge on any atom is 0.336 e. The molecule has 2 aromatic carbocycles. The van der Waals surface area contributed by atoms with Gasteiger partial charge in [-0.15, -0.1) is 0 Å². The molecule has 3 amide bonds. The van der Waals surface area contributed by atoms with Gasteiger partial charge in [-0.3, -0.25) is 19.4 Å². The third-order valence-electron chi connectivity index (χ3n) is 6.71. The zero-order valence-electron chi connectivity index (χ0n) is 19.3. The van der Waals surface area contributed by atoms with Gasteiger partial charge in [-0.1, -0.05) is 50.5 Å². The van der Waals surface area contributed by atoms with Gasteiger partial charge in [0.05, 0.1) is 17.7 Å². The highest BCUT2D eigenvalue weighted by Crippen LogP contribution is 2.46. The van der Waals surface area contributed by atoms with Gasteiger partial charge in [0.1, 0.15) is 5.41 Å². The van der Waals surface area contributed by atoms with Crippen molar-refractivity contribution in [1.82, 2.24) is 10.0 Å². The highest BCUT2D eigenvalue weighted by molar-refractivity contribution is 6.11. The Bertz CT molecular complexity index is 1110. The number of hydrazine groups is 1. The number of nitrogens with zero attached hydrogens (tertiary/aromatic N) is 2. The maximum atomic E-state index is 13.3. The minimum atomic E-state index is -1.17. The molecule has 0 radical (unpaired) electrons. The highest BCUT2D eigenvalue weighted by Gasteiger charge is 2.58. The fourth-order valence-electron chi connectivity index (χ4n) is 4.83. The smallest absolute Gasteiger partial charge is 0.336 e. The zero-order valence-corrected chi connectivity index (χ0v) is 19.3. The number of carbonyl (C=O) groups is 4. The van der Waals surface area contributed by atoms with Gasteiger partial charge in [0.25, 0.3) is 17.7 Å². The minimum absolute atomic E-state index is 0.0653. The second-order valence-corrected chi connectivity index (χ2v) is 8.94. The first-order valence-corrected chi connectivity index (χ1v) is 11.7. The number of carbonyl (C=O) groups excluding carboxylic acids is 3. The van der Waals surface area contributed by atoms with E-state index in [9.17, 15) is 24.3 Å². The van der Waals surface area contributed by atoms with Crippen LogP contribution in [0.15, 0.2) is 48.5 Å². The standard InChI is InChI=1S/C26H29N3O5/c1-2-3-16-28-24(33)26(14-6-7-15-26)25(34)29(28)17-18-10-12-19(13-11-18)27-22(30)20-8-4-5-9-21(20)23(31)32/h4-5,8-13H,2-3,6-7,14-17H2,1H3,(H,27,30)(H,31,32). The predicted molar refractivity (Wildman–Crippen MR) is 126 cm³/mol. The first-order chi connectivity index (χ1) is 16.4. The van der Waals surface area contributed by atoms with Crippen molar-refractivity contribution in [2.75, 3.05) is 11.9 Å². The normalized spacial score (nSPS) is 17.0. The molecule has 2 aromatic rings. The fourth-order valence-corrected chi connectivity index (χ4v) is 4.83. The number of hydrogen-bond donors (Lipinski definition) is 2. The van der Waals surface area contributed by atoms with E-state index >= 15 is 0 Å². The molecule has 0 atom stereocenters. The van der Waals surface area contributed by atoms with E-state index in [1.165, 1.54) is 12.1 Å². The van der Waals surface area contributed by atoms with E-state index in [4.69, 9.17) is 0 Å². The van der Waals surface area contributed by atoms with E-state index in [2.05, 4.69) is 12.2 Å². The van der Waals surface area contributed by atoms with Gasteiger partial charge < -0.3 is 10.4 Å². The number of anilines is 1. The van der Waals surface area contributed by atoms with Gasteiger partial charge in [-0.05, 0) is 49.1 Å². The molecule has 1 spiro atoms. The van der Waals surface area contributed by atoms with E-state index in [0.29, 0.717) is 25.1 Å². The second-order valence-electron chi connectivity index (χ2n) is 8.94. The number of rotatable bonds is 8. The average Bonchev–Trinajstić information content (AvgIpc) is 3.41. The van der Waals surface area contributed by atoms with Crippen molar-refractivity contribution in [3.63, 3.8) is 0 Å². The summed E-state index contributed by atoms with van der Waals surface area (Å²) in [5.74, 6) is -1.85. The third kappa shape index (κ3) is 4.27. The number of amides is 3. The summed E-state index contributed by atoms with van der Waals surface area (Å²) in [4.78, 5) is 50.5. The molecule has 0 unspecified atom stereocenters. The molecular weight excluding hydrogens is 434 g/mol. The van der Waals surface area contributed by atoms with Crippen molar-refractivity contribution in [3.05, 3.63) is 65.2 Å². The lowest BCUT2D eigenvalue weighted by molar-refractivity contribution is -0.148. The molecule has 1 aliphatic heterocycles. The molecule has 2 N–H and O–H groups in total. The molecule has 8 heteroatoms. The van der Waals surface area contributed by atoms with Crippen LogP contribution in [0.3, 0.4) is 0 Å². The molecule has 0 aromatic heterocycles. The third-order valence-corrected chi connectivity index (χ3v) is 6.71. The summed E-state index contributed by atoms with van der Waals surface area (Å²) < 4.78 is 0. The van der Waals surface area contributed by atoms with Gasteiger partial charge in [0, 0.05) is 12.2 Å². The molecule has 0 bridgehead atoms. The summed E-state index contributed by atoms with van der Waals surface area (Å²) in [6.45, 7) is 2.87. The van der Waals surface area contributed by atoms with E-state index in [1.54, 1.807) is 46.4 Å². The Hall–Kier alpha value is -3.68. The number of carboxylic acid groups (broad SMARTS) is 1. The Morgan fingerprint density at radius 3 is 2.18 bits per heavy atom. The van der Waals surface area contributed by atoms with Crippen molar-refractivity contribution in [1.29, 1.82) is 0 Å². The van der Waals surface area contributed by atoms with Crippen molar-refractivity contribution in [2.24, 2.45) is 5.41 Å². The molecule has 8 nitrogen and oxygen atoms in total. The second kappa shape index (κ2) is 9.67. The van der Waals surface area contributed by atoms with Crippen LogP contribution >= 0.6 is 0 Å². The zero-order chi connectivity index (χ0) is 24.3. The summed E-state index contributed by atoms with van der Waals surface area (Å²) in [6.07, 6.45) is 4.78. The summed E-state index contributed by atoms with van der Waals surface area (Å²) in [7, 11) is 0. The Morgan fingerprint density at radius 2 is 1.56 bits per heavy atom. The van der Waals surface area contributed by atoms with Crippen LogP contribution in [0.25, 0.3) is 0 Å². The van der Waals surface area contributed by atoms with E-state index in [1.807, 2.05) is 0 Å². The lowest BCUT2D eigenvalue weighted by atomic mass is 9.85. The van der Waals surface area contributed by atoms with Crippen LogP contribution in [0, 0.1) is 5.41 Å². The van der Waals surface area contributed by atoms with Crippen molar-refractivity contribution < 1.29 is 24.3 Å². The number of unbranched alkanes of at least 4 members (excludes halogenated alkanes) is 1. The maximum absolute atomic E-state index is 13.3. The average molecular weight is 464 g/mol. The summed E-state index contributed by atoms with van der Waals surface area (Å²) in [5.41, 5.74) is 0.462. The monoisotopic (exact) mass is 463 g/mol. The number of aromatic carboxylic acids is 1. The molecule has 2 fully saturated rings.